The Hall–Kier alpha value is -7.96. The van der Waals surface area contributed by atoms with E-state index in [1.807, 2.05) is 60.7 Å². The van der Waals surface area contributed by atoms with Gasteiger partial charge in [0.2, 0.25) is 0 Å². The van der Waals surface area contributed by atoms with Gasteiger partial charge in [-0.1, -0.05) is 206 Å². The van der Waals surface area contributed by atoms with E-state index in [0.717, 1.165) is 34.1 Å². The molecule has 0 saturated carbocycles. The maximum atomic E-state index is 3.70. The van der Waals surface area contributed by atoms with Gasteiger partial charge in [-0.25, -0.2) is 0 Å². The van der Waals surface area contributed by atoms with Crippen molar-refractivity contribution < 1.29 is 0 Å². The highest BCUT2D eigenvalue weighted by atomic mass is 79.9. The Balaban J connectivity index is 0.000000154. The maximum Gasteiger partial charge on any atom is 0.0619 e. The number of nitrogens with zero attached hydrogens (tertiary/aromatic N) is 2. The Bertz CT molecular complexity index is 3160. The number of anilines is 8. The Labute approximate surface area is 420 Å². The summed E-state index contributed by atoms with van der Waals surface area (Å²) in [5, 5.41) is 13.1. The molecule has 5 heteroatoms. The monoisotopic (exact) mass is 1020 g/mol. The molecule has 3 nitrogen and oxygen atoms in total. The van der Waals surface area contributed by atoms with Crippen molar-refractivity contribution >= 4 is 120 Å². The summed E-state index contributed by atoms with van der Waals surface area (Å²) in [4.78, 5) is 4.79. The zero-order chi connectivity index (χ0) is 46.8. The van der Waals surface area contributed by atoms with Gasteiger partial charge in [-0.15, -0.1) is 0 Å². The SMILES string of the molecule is Brc1c2ccccc2c(Br)c2ccccc12.c1ccc(N(c2ccccc2)c2c3ccccc3c(N(c3ccccc3)c3ccccc3)c3ccccc23)cc1.c1ccc(Nc2ccccc2)cc1. The quantitative estimate of drug-likeness (QED) is 0.121. The van der Waals surface area contributed by atoms with Crippen molar-refractivity contribution in [3.63, 3.8) is 0 Å². The molecule has 0 amide bonds. The number of halogens is 2. The molecule has 0 heterocycles. The van der Waals surface area contributed by atoms with E-state index >= 15 is 0 Å². The molecule has 0 fully saturated rings. The molecule has 0 unspecified atom stereocenters. The van der Waals surface area contributed by atoms with Crippen LogP contribution in [-0.4, -0.2) is 0 Å². The van der Waals surface area contributed by atoms with E-state index in [1.165, 1.54) is 63.4 Å². The molecule has 12 aromatic rings. The van der Waals surface area contributed by atoms with Crippen LogP contribution in [-0.2, 0) is 0 Å². The lowest BCUT2D eigenvalue weighted by molar-refractivity contribution is 1.29. The summed E-state index contributed by atoms with van der Waals surface area (Å²) in [5.41, 5.74) is 9.09. The minimum Gasteiger partial charge on any atom is -0.356 e. The molecule has 0 aliphatic rings. The highest BCUT2D eigenvalue weighted by molar-refractivity contribution is 9.11. The normalized spacial score (nSPS) is 10.8. The van der Waals surface area contributed by atoms with E-state index in [2.05, 4.69) is 265 Å². The zero-order valence-corrected chi connectivity index (χ0v) is 40.9. The third-order valence-electron chi connectivity index (χ3n) is 12.0. The molecule has 0 atom stereocenters. The number of hydrogen-bond donors (Lipinski definition) is 1. The zero-order valence-electron chi connectivity index (χ0n) is 37.7. The van der Waals surface area contributed by atoms with Gasteiger partial charge < -0.3 is 15.1 Å². The van der Waals surface area contributed by atoms with E-state index in [1.54, 1.807) is 0 Å². The molecule has 0 radical (unpaired) electrons. The molecule has 1 N–H and O–H groups in total. The Morgan fingerprint density at radius 1 is 0.217 bits per heavy atom. The lowest BCUT2D eigenvalue weighted by atomic mass is 9.95. The molecular formula is C64H47Br2N3. The van der Waals surface area contributed by atoms with Crippen molar-refractivity contribution in [3.8, 4) is 0 Å². The number of para-hydroxylation sites is 6. The van der Waals surface area contributed by atoms with E-state index in [-0.39, 0.29) is 0 Å². The summed E-state index contributed by atoms with van der Waals surface area (Å²) < 4.78 is 2.34. The van der Waals surface area contributed by atoms with Crippen molar-refractivity contribution in [1.82, 2.24) is 0 Å². The highest BCUT2D eigenvalue weighted by Crippen LogP contribution is 2.51. The lowest BCUT2D eigenvalue weighted by Gasteiger charge is -2.32. The third kappa shape index (κ3) is 9.75. The van der Waals surface area contributed by atoms with Gasteiger partial charge in [0, 0.05) is 64.6 Å². The molecule has 12 aromatic carbocycles. The number of hydrogen-bond acceptors (Lipinski definition) is 3. The second kappa shape index (κ2) is 21.3. The molecular weight excluding hydrogens is 971 g/mol. The minimum absolute atomic E-state index is 1.12. The molecule has 0 aliphatic heterocycles. The van der Waals surface area contributed by atoms with Gasteiger partial charge in [0.15, 0.2) is 0 Å². The van der Waals surface area contributed by atoms with E-state index < -0.39 is 0 Å². The van der Waals surface area contributed by atoms with Crippen LogP contribution in [0.5, 0.6) is 0 Å². The Kier molecular flexibility index (Phi) is 13.9. The van der Waals surface area contributed by atoms with Gasteiger partial charge in [0.25, 0.3) is 0 Å². The average molecular weight is 1020 g/mol. The van der Waals surface area contributed by atoms with Crippen molar-refractivity contribution in [2.24, 2.45) is 0 Å². The summed E-state index contributed by atoms with van der Waals surface area (Å²) in [6, 6.07) is 97.3. The van der Waals surface area contributed by atoms with Crippen LogP contribution in [0.15, 0.2) is 288 Å². The summed E-state index contributed by atoms with van der Waals surface area (Å²) in [6.07, 6.45) is 0. The first-order valence-electron chi connectivity index (χ1n) is 23.0. The number of nitrogens with one attached hydrogen (secondary N) is 1. The van der Waals surface area contributed by atoms with Crippen LogP contribution in [0.3, 0.4) is 0 Å². The minimum atomic E-state index is 1.12. The van der Waals surface area contributed by atoms with E-state index in [9.17, 15) is 0 Å². The van der Waals surface area contributed by atoms with Crippen LogP contribution in [0.1, 0.15) is 0 Å². The molecule has 12 rings (SSSR count). The van der Waals surface area contributed by atoms with Crippen LogP contribution in [0.4, 0.5) is 45.5 Å². The fraction of sp³-hybridized carbons (Fsp3) is 0. The Morgan fingerprint density at radius 2 is 0.406 bits per heavy atom. The molecule has 0 spiro atoms. The maximum absolute atomic E-state index is 3.70. The van der Waals surface area contributed by atoms with Crippen LogP contribution in [0.25, 0.3) is 43.1 Å². The van der Waals surface area contributed by atoms with Crippen LogP contribution in [0, 0.1) is 0 Å². The predicted octanol–water partition coefficient (Wildman–Crippen LogP) is 19.9. The summed E-state index contributed by atoms with van der Waals surface area (Å²) >= 11 is 7.39. The van der Waals surface area contributed by atoms with Gasteiger partial charge >= 0.3 is 0 Å². The topological polar surface area (TPSA) is 18.5 Å². The summed E-state index contributed by atoms with van der Waals surface area (Å²) in [5.74, 6) is 0. The van der Waals surface area contributed by atoms with Gasteiger partial charge in [-0.05, 0) is 126 Å². The van der Waals surface area contributed by atoms with Gasteiger partial charge in [0.05, 0.1) is 11.4 Å². The first kappa shape index (κ1) is 44.9. The predicted molar refractivity (Wildman–Crippen MR) is 304 cm³/mol. The second-order valence-electron chi connectivity index (χ2n) is 16.4. The second-order valence-corrected chi connectivity index (χ2v) is 18.0. The fourth-order valence-electron chi connectivity index (χ4n) is 8.92. The van der Waals surface area contributed by atoms with Gasteiger partial charge in [-0.2, -0.15) is 0 Å². The summed E-state index contributed by atoms with van der Waals surface area (Å²) in [6.45, 7) is 0. The molecule has 69 heavy (non-hydrogen) atoms. The van der Waals surface area contributed by atoms with E-state index in [0.29, 0.717) is 0 Å². The lowest BCUT2D eigenvalue weighted by Crippen LogP contribution is -2.14. The molecule has 0 aliphatic carbocycles. The van der Waals surface area contributed by atoms with Crippen LogP contribution < -0.4 is 15.1 Å². The molecule has 0 saturated heterocycles. The Morgan fingerprint density at radius 3 is 0.638 bits per heavy atom. The van der Waals surface area contributed by atoms with E-state index in [4.69, 9.17) is 0 Å². The standard InChI is InChI=1S/C38H28N2.C14H8Br2.C12H11N/c1-5-17-29(18-6-1)39(30-19-7-2-8-20-30)37-33-25-13-15-27-35(33)38(36-28-16-14-26-34(36)37)40(31-21-9-3-10-22-31)32-23-11-4-12-24-32;15-13-9-5-1-2-6-10(9)14(16)12-8-4-3-7-11(12)13;1-3-7-11(8-4-1)13-12-9-5-2-6-10-12/h1-28H;1-8H;1-10,13H. The molecule has 332 valence electrons. The van der Waals surface area contributed by atoms with Gasteiger partial charge in [0.1, 0.15) is 0 Å². The average Bonchev–Trinajstić information content (AvgIpc) is 3.43. The highest BCUT2D eigenvalue weighted by Gasteiger charge is 2.25. The van der Waals surface area contributed by atoms with Crippen molar-refractivity contribution in [2.45, 2.75) is 0 Å². The number of benzene rings is 12. The van der Waals surface area contributed by atoms with Gasteiger partial charge in [-0.3, -0.25) is 0 Å². The largest absolute Gasteiger partial charge is 0.356 e. The third-order valence-corrected chi connectivity index (χ3v) is 13.7. The number of fused-ring (bicyclic) bond motifs is 4. The smallest absolute Gasteiger partial charge is 0.0619 e. The van der Waals surface area contributed by atoms with Crippen molar-refractivity contribution in [1.29, 1.82) is 0 Å². The van der Waals surface area contributed by atoms with Crippen molar-refractivity contribution in [2.75, 3.05) is 15.1 Å². The first-order chi connectivity index (χ1) is 34.1. The summed E-state index contributed by atoms with van der Waals surface area (Å²) in [7, 11) is 0. The molecule has 0 bridgehead atoms. The van der Waals surface area contributed by atoms with Crippen LogP contribution >= 0.6 is 31.9 Å². The van der Waals surface area contributed by atoms with Crippen LogP contribution in [0.2, 0.25) is 0 Å². The first-order valence-corrected chi connectivity index (χ1v) is 24.6. The fourth-order valence-corrected chi connectivity index (χ4v) is 10.3. The number of rotatable bonds is 8. The molecule has 0 aromatic heterocycles. The van der Waals surface area contributed by atoms with Crippen molar-refractivity contribution in [3.05, 3.63) is 288 Å².